The zero-order valence-corrected chi connectivity index (χ0v) is 26.0. The third-order valence-corrected chi connectivity index (χ3v) is 12.7. The van der Waals surface area contributed by atoms with Crippen molar-refractivity contribution in [2.45, 2.75) is 42.0 Å². The quantitative estimate of drug-likeness (QED) is 0.421. The van der Waals surface area contributed by atoms with Crippen molar-refractivity contribution in [1.29, 1.82) is 0 Å². The Hall–Kier alpha value is -1.24. The molecular weight excluding hydrogens is 591 g/mol. The normalized spacial score (nSPS) is 24.7. The second-order valence-electron chi connectivity index (χ2n) is 11.4. The summed E-state index contributed by atoms with van der Waals surface area (Å²) >= 11 is 12.7. The summed E-state index contributed by atoms with van der Waals surface area (Å²) in [6.45, 7) is 6.48. The Balaban J connectivity index is 1.23. The first-order chi connectivity index (χ1) is 19.0. The van der Waals surface area contributed by atoms with E-state index in [-0.39, 0.29) is 5.41 Å². The molecule has 2 aromatic rings. The number of sulfonamides is 2. The molecule has 12 heteroatoms. The van der Waals surface area contributed by atoms with E-state index in [1.807, 2.05) is 24.3 Å². The van der Waals surface area contributed by atoms with Gasteiger partial charge in [0.05, 0.1) is 21.2 Å². The molecule has 0 aromatic heterocycles. The molecule has 0 N–H and O–H groups in total. The van der Waals surface area contributed by atoms with Crippen LogP contribution < -0.4 is 0 Å². The Morgan fingerprint density at radius 3 is 2.23 bits per heavy atom. The van der Waals surface area contributed by atoms with Gasteiger partial charge in [0.25, 0.3) is 0 Å². The largest absolute Gasteiger partial charge is 0.300 e. The molecule has 1 unspecified atom stereocenters. The number of nitrogens with zero attached hydrogens (tertiary/aromatic N) is 4. The zero-order chi connectivity index (χ0) is 28.5. The van der Waals surface area contributed by atoms with Crippen LogP contribution in [0.2, 0.25) is 10.0 Å². The summed E-state index contributed by atoms with van der Waals surface area (Å²) < 4.78 is 53.9. The lowest BCUT2D eigenvalue weighted by molar-refractivity contribution is 0.0152. The van der Waals surface area contributed by atoms with Gasteiger partial charge in [-0.3, -0.25) is 4.90 Å². The molecule has 3 aliphatic rings. The van der Waals surface area contributed by atoms with E-state index < -0.39 is 20.0 Å². The van der Waals surface area contributed by atoms with Crippen LogP contribution in [0.15, 0.2) is 53.4 Å². The van der Waals surface area contributed by atoms with Gasteiger partial charge in [-0.15, -0.1) is 0 Å². The second-order valence-corrected chi connectivity index (χ2v) is 16.1. The minimum atomic E-state index is -3.61. The van der Waals surface area contributed by atoms with Gasteiger partial charge >= 0.3 is 0 Å². The molecule has 3 fully saturated rings. The second kappa shape index (κ2) is 12.2. The van der Waals surface area contributed by atoms with Crippen LogP contribution in [-0.4, -0.2) is 106 Å². The van der Waals surface area contributed by atoms with Gasteiger partial charge in [0.2, 0.25) is 20.0 Å². The van der Waals surface area contributed by atoms with E-state index in [4.69, 9.17) is 23.2 Å². The van der Waals surface area contributed by atoms with Crippen molar-refractivity contribution in [3.8, 4) is 0 Å². The molecule has 0 aliphatic carbocycles. The Labute approximate surface area is 248 Å². The maximum absolute atomic E-state index is 13.6. The summed E-state index contributed by atoms with van der Waals surface area (Å²) in [5.41, 5.74) is 0.695. The lowest BCUT2D eigenvalue weighted by atomic mass is 9.71. The number of piperidine rings is 1. The predicted molar refractivity (Wildman–Crippen MR) is 160 cm³/mol. The molecule has 1 atom stereocenters. The Kier molecular flexibility index (Phi) is 9.19. The van der Waals surface area contributed by atoms with Crippen LogP contribution in [0.1, 0.15) is 31.2 Å². The number of piperazine rings is 1. The van der Waals surface area contributed by atoms with Gasteiger partial charge in [-0.25, -0.2) is 16.8 Å². The van der Waals surface area contributed by atoms with Crippen molar-refractivity contribution < 1.29 is 16.8 Å². The molecule has 8 nitrogen and oxygen atoms in total. The van der Waals surface area contributed by atoms with E-state index in [0.717, 1.165) is 64.0 Å². The van der Waals surface area contributed by atoms with E-state index in [1.165, 1.54) is 6.26 Å². The number of hydrogen-bond acceptors (Lipinski definition) is 6. The molecule has 220 valence electrons. The van der Waals surface area contributed by atoms with E-state index in [2.05, 4.69) is 9.80 Å². The molecule has 0 amide bonds. The summed E-state index contributed by atoms with van der Waals surface area (Å²) in [5.74, 6) is 0. The van der Waals surface area contributed by atoms with Gasteiger partial charge < -0.3 is 4.90 Å². The van der Waals surface area contributed by atoms with Crippen molar-refractivity contribution in [3.05, 3.63) is 64.1 Å². The summed E-state index contributed by atoms with van der Waals surface area (Å²) in [5, 5.41) is 0.984. The standard InChI is InChI=1S/C28H38Cl2N4O4S2/c1-39(35,36)33-17-15-32(16-18-33)24-20-31(21-24)13-5-11-28(23-9-10-26(29)27(30)19-23)12-6-14-34(22-28)40(37,38)25-7-3-2-4-8-25/h2-4,7-10,19,24H,5-6,11-18,20-22H2,1H3. The molecule has 5 rings (SSSR count). The average Bonchev–Trinajstić information content (AvgIpc) is 2.91. The van der Waals surface area contributed by atoms with Crippen LogP contribution in [-0.2, 0) is 25.5 Å². The monoisotopic (exact) mass is 628 g/mol. The first-order valence-electron chi connectivity index (χ1n) is 13.9. The third kappa shape index (κ3) is 6.54. The topological polar surface area (TPSA) is 81.2 Å². The Bertz CT molecular complexity index is 1400. The molecule has 2 aromatic carbocycles. The van der Waals surface area contributed by atoms with E-state index >= 15 is 0 Å². The maximum atomic E-state index is 13.6. The van der Waals surface area contributed by atoms with Gasteiger partial charge in [0.1, 0.15) is 0 Å². The van der Waals surface area contributed by atoms with E-state index in [0.29, 0.717) is 47.2 Å². The van der Waals surface area contributed by atoms with Crippen molar-refractivity contribution in [2.75, 3.05) is 65.2 Å². The fourth-order valence-electron chi connectivity index (χ4n) is 6.44. The molecule has 0 radical (unpaired) electrons. The highest BCUT2D eigenvalue weighted by Crippen LogP contribution is 2.42. The van der Waals surface area contributed by atoms with Crippen LogP contribution in [0, 0.1) is 0 Å². The molecular formula is C28H38Cl2N4O4S2. The predicted octanol–water partition coefficient (Wildman–Crippen LogP) is 3.76. The first kappa shape index (κ1) is 30.2. The SMILES string of the molecule is CS(=O)(=O)N1CCN(C2CN(CCCC3(c4ccc(Cl)c(Cl)c4)CCCN(S(=O)(=O)c4ccccc4)C3)C2)CC1. The fourth-order valence-corrected chi connectivity index (χ4v) is 9.15. The van der Waals surface area contributed by atoms with Crippen LogP contribution in [0.3, 0.4) is 0 Å². The van der Waals surface area contributed by atoms with Crippen LogP contribution in [0.5, 0.6) is 0 Å². The fraction of sp³-hybridized carbons (Fsp3) is 0.571. The highest BCUT2D eigenvalue weighted by Gasteiger charge is 2.42. The maximum Gasteiger partial charge on any atom is 0.243 e. The third-order valence-electron chi connectivity index (χ3n) is 8.78. The minimum absolute atomic E-state index is 0.323. The molecule has 3 aliphatic heterocycles. The lowest BCUT2D eigenvalue weighted by Gasteiger charge is -2.48. The smallest absolute Gasteiger partial charge is 0.243 e. The Morgan fingerprint density at radius 2 is 1.57 bits per heavy atom. The molecule has 0 bridgehead atoms. The number of likely N-dealkylation sites (tertiary alicyclic amines) is 1. The molecule has 40 heavy (non-hydrogen) atoms. The van der Waals surface area contributed by atoms with Crippen LogP contribution in [0.25, 0.3) is 0 Å². The number of hydrogen-bond donors (Lipinski definition) is 0. The van der Waals surface area contributed by atoms with Gasteiger partial charge in [-0.1, -0.05) is 47.5 Å². The zero-order valence-electron chi connectivity index (χ0n) is 22.9. The first-order valence-corrected chi connectivity index (χ1v) is 17.9. The summed E-state index contributed by atoms with van der Waals surface area (Å²) in [6, 6.07) is 14.9. The van der Waals surface area contributed by atoms with E-state index in [9.17, 15) is 16.8 Å². The van der Waals surface area contributed by atoms with Crippen LogP contribution >= 0.6 is 23.2 Å². The molecule has 0 spiro atoms. The Morgan fingerprint density at radius 1 is 0.875 bits per heavy atom. The van der Waals surface area contributed by atoms with Crippen molar-refractivity contribution in [1.82, 2.24) is 18.4 Å². The molecule has 3 saturated heterocycles. The molecule has 3 heterocycles. The van der Waals surface area contributed by atoms with E-state index in [1.54, 1.807) is 32.9 Å². The summed E-state index contributed by atoms with van der Waals surface area (Å²) in [4.78, 5) is 5.17. The van der Waals surface area contributed by atoms with Crippen molar-refractivity contribution in [3.63, 3.8) is 0 Å². The number of benzene rings is 2. The number of halogens is 2. The highest BCUT2D eigenvalue weighted by molar-refractivity contribution is 7.89. The summed E-state index contributed by atoms with van der Waals surface area (Å²) in [7, 11) is -6.73. The highest BCUT2D eigenvalue weighted by atomic mass is 35.5. The minimum Gasteiger partial charge on any atom is -0.300 e. The van der Waals surface area contributed by atoms with Gasteiger partial charge in [0.15, 0.2) is 0 Å². The number of rotatable bonds is 9. The van der Waals surface area contributed by atoms with Gasteiger partial charge in [0, 0.05) is 63.8 Å². The van der Waals surface area contributed by atoms with Gasteiger partial charge in [-0.05, 0) is 62.1 Å². The summed E-state index contributed by atoms with van der Waals surface area (Å²) in [6.07, 6.45) is 4.73. The van der Waals surface area contributed by atoms with Gasteiger partial charge in [-0.2, -0.15) is 8.61 Å². The van der Waals surface area contributed by atoms with Crippen molar-refractivity contribution >= 4 is 43.2 Å². The average molecular weight is 630 g/mol. The lowest BCUT2D eigenvalue weighted by Crippen LogP contribution is -2.63. The van der Waals surface area contributed by atoms with Crippen LogP contribution in [0.4, 0.5) is 0 Å². The molecule has 0 saturated carbocycles. The van der Waals surface area contributed by atoms with Crippen molar-refractivity contribution in [2.24, 2.45) is 0 Å².